The zero-order chi connectivity index (χ0) is 29.8. The van der Waals surface area contributed by atoms with Gasteiger partial charge >= 0.3 is 11.9 Å². The SMILES string of the molecule is O=C(CCC(CP(=O)(O)Cc1ccccc1C(O)c1ccccc1)C(=O)OCc1ccccc1)OCc1ccccc1. The molecule has 218 valence electrons. The highest BCUT2D eigenvalue weighted by atomic mass is 31.2. The van der Waals surface area contributed by atoms with Crippen LogP contribution in [-0.2, 0) is 43.0 Å². The Hall–Kier alpha value is -4.03. The van der Waals surface area contributed by atoms with Crippen LogP contribution < -0.4 is 0 Å². The van der Waals surface area contributed by atoms with Crippen LogP contribution in [-0.4, -0.2) is 28.1 Å². The first kappa shape index (κ1) is 30.9. The van der Waals surface area contributed by atoms with Crippen molar-refractivity contribution in [2.24, 2.45) is 5.92 Å². The number of aliphatic hydroxyl groups is 1. The van der Waals surface area contributed by atoms with Crippen LogP contribution in [0.3, 0.4) is 0 Å². The van der Waals surface area contributed by atoms with E-state index in [1.54, 1.807) is 36.4 Å². The summed E-state index contributed by atoms with van der Waals surface area (Å²) in [4.78, 5) is 36.8. The molecule has 0 fully saturated rings. The van der Waals surface area contributed by atoms with Crippen LogP contribution in [0.5, 0.6) is 0 Å². The van der Waals surface area contributed by atoms with Crippen LogP contribution >= 0.6 is 7.37 Å². The molecule has 0 amide bonds. The number of rotatable bonds is 14. The molecule has 2 N–H and O–H groups in total. The fourth-order valence-corrected chi connectivity index (χ4v) is 6.64. The first-order chi connectivity index (χ1) is 20.3. The summed E-state index contributed by atoms with van der Waals surface area (Å²) < 4.78 is 24.4. The van der Waals surface area contributed by atoms with Crippen LogP contribution in [0.25, 0.3) is 0 Å². The smallest absolute Gasteiger partial charge is 0.309 e. The summed E-state index contributed by atoms with van der Waals surface area (Å²) in [6.45, 7) is 0.109. The number of benzene rings is 4. The average molecular weight is 587 g/mol. The van der Waals surface area contributed by atoms with Gasteiger partial charge in [-0.05, 0) is 34.2 Å². The van der Waals surface area contributed by atoms with E-state index in [1.807, 2.05) is 78.9 Å². The molecule has 4 rings (SSSR count). The summed E-state index contributed by atoms with van der Waals surface area (Å²) in [5, 5.41) is 11.0. The van der Waals surface area contributed by atoms with E-state index in [-0.39, 0.29) is 38.4 Å². The Kier molecular flexibility index (Phi) is 11.2. The summed E-state index contributed by atoms with van der Waals surface area (Å²) in [7, 11) is -3.97. The van der Waals surface area contributed by atoms with Gasteiger partial charge in [0.2, 0.25) is 7.37 Å². The molecule has 0 aromatic heterocycles. The first-order valence-corrected chi connectivity index (χ1v) is 15.9. The third kappa shape index (κ3) is 9.52. The Bertz CT molecular complexity index is 1480. The van der Waals surface area contributed by atoms with Gasteiger partial charge in [-0.3, -0.25) is 14.2 Å². The molecular weight excluding hydrogens is 551 g/mol. The standard InChI is InChI=1S/C34H35O7P/c35-32(40-22-26-12-4-1-5-13-26)21-20-30(34(37)41-23-27-14-6-2-7-15-27)25-42(38,39)24-29-18-10-11-19-31(29)33(36)28-16-8-3-9-17-28/h1-19,30,33,36H,20-25H2,(H,38,39). The molecule has 3 atom stereocenters. The Morgan fingerprint density at radius 2 is 1.24 bits per heavy atom. The van der Waals surface area contributed by atoms with E-state index >= 15 is 0 Å². The molecule has 3 unspecified atom stereocenters. The Labute approximate surface area is 246 Å². The second-order valence-corrected chi connectivity index (χ2v) is 12.5. The van der Waals surface area contributed by atoms with Gasteiger partial charge in [-0.2, -0.15) is 0 Å². The molecule has 0 radical (unpaired) electrons. The van der Waals surface area contributed by atoms with Crippen LogP contribution in [0.15, 0.2) is 115 Å². The number of carbonyl (C=O) groups is 2. The Morgan fingerprint density at radius 3 is 1.86 bits per heavy atom. The summed E-state index contributed by atoms with van der Waals surface area (Å²) >= 11 is 0. The maximum Gasteiger partial charge on any atom is 0.309 e. The minimum atomic E-state index is -3.97. The van der Waals surface area contributed by atoms with E-state index < -0.39 is 31.3 Å². The van der Waals surface area contributed by atoms with Crippen LogP contribution in [0.4, 0.5) is 0 Å². The van der Waals surface area contributed by atoms with Crippen LogP contribution in [0.1, 0.15) is 46.8 Å². The molecule has 4 aromatic carbocycles. The highest BCUT2D eigenvalue weighted by Crippen LogP contribution is 2.48. The van der Waals surface area contributed by atoms with Gasteiger partial charge in [0.05, 0.1) is 12.1 Å². The van der Waals surface area contributed by atoms with E-state index in [0.717, 1.165) is 11.1 Å². The molecule has 0 spiro atoms. The van der Waals surface area contributed by atoms with Crippen molar-refractivity contribution >= 4 is 19.3 Å². The summed E-state index contributed by atoms with van der Waals surface area (Å²) in [6.07, 6.45) is -1.70. The number of hydrogen-bond donors (Lipinski definition) is 2. The maximum atomic E-state index is 13.6. The van der Waals surface area contributed by atoms with Crippen molar-refractivity contribution in [3.05, 3.63) is 143 Å². The number of aliphatic hydroxyl groups excluding tert-OH is 1. The molecule has 7 nitrogen and oxygen atoms in total. The highest BCUT2D eigenvalue weighted by Gasteiger charge is 2.32. The van der Waals surface area contributed by atoms with E-state index in [4.69, 9.17) is 9.47 Å². The molecule has 0 saturated heterocycles. The van der Waals surface area contributed by atoms with E-state index in [9.17, 15) is 24.2 Å². The number of esters is 2. The van der Waals surface area contributed by atoms with Gasteiger partial charge in [-0.1, -0.05) is 115 Å². The number of carbonyl (C=O) groups excluding carboxylic acids is 2. The lowest BCUT2D eigenvalue weighted by Gasteiger charge is -2.22. The van der Waals surface area contributed by atoms with Gasteiger partial charge < -0.3 is 19.5 Å². The van der Waals surface area contributed by atoms with E-state index in [2.05, 4.69) is 0 Å². The fraction of sp³-hybridized carbons (Fsp3) is 0.235. The van der Waals surface area contributed by atoms with Gasteiger partial charge in [0.1, 0.15) is 19.3 Å². The second-order valence-electron chi connectivity index (χ2n) is 10.2. The average Bonchev–Trinajstić information content (AvgIpc) is 3.02. The van der Waals surface area contributed by atoms with Crippen molar-refractivity contribution in [2.75, 3.05) is 6.16 Å². The van der Waals surface area contributed by atoms with Gasteiger partial charge in [0, 0.05) is 12.6 Å². The first-order valence-electron chi connectivity index (χ1n) is 13.8. The minimum Gasteiger partial charge on any atom is -0.461 e. The largest absolute Gasteiger partial charge is 0.461 e. The van der Waals surface area contributed by atoms with Crippen molar-refractivity contribution < 1.29 is 33.6 Å². The molecule has 0 saturated carbocycles. The zero-order valence-electron chi connectivity index (χ0n) is 23.2. The predicted molar refractivity (Wildman–Crippen MR) is 161 cm³/mol. The molecule has 0 aliphatic carbocycles. The second kappa shape index (κ2) is 15.3. The van der Waals surface area contributed by atoms with Gasteiger partial charge in [-0.15, -0.1) is 0 Å². The van der Waals surface area contributed by atoms with Crippen molar-refractivity contribution in [1.82, 2.24) is 0 Å². The van der Waals surface area contributed by atoms with E-state index in [1.165, 1.54) is 0 Å². The monoisotopic (exact) mass is 586 g/mol. The number of ether oxygens (including phenoxy) is 2. The van der Waals surface area contributed by atoms with Crippen LogP contribution in [0, 0.1) is 5.92 Å². The summed E-state index contributed by atoms with van der Waals surface area (Å²) in [6, 6.07) is 34.3. The van der Waals surface area contributed by atoms with Gasteiger partial charge in [0.25, 0.3) is 0 Å². The van der Waals surface area contributed by atoms with Crippen molar-refractivity contribution in [2.45, 2.75) is 38.3 Å². The molecule has 0 bridgehead atoms. The predicted octanol–water partition coefficient (Wildman–Crippen LogP) is 6.42. The van der Waals surface area contributed by atoms with Gasteiger partial charge in [-0.25, -0.2) is 0 Å². The molecule has 0 heterocycles. The molecule has 8 heteroatoms. The summed E-state index contributed by atoms with van der Waals surface area (Å²) in [5.41, 5.74) is 3.31. The molecule has 4 aromatic rings. The van der Waals surface area contributed by atoms with E-state index in [0.29, 0.717) is 16.7 Å². The topological polar surface area (TPSA) is 110 Å². The normalized spacial score (nSPS) is 13.9. The lowest BCUT2D eigenvalue weighted by Crippen LogP contribution is -2.23. The lowest BCUT2D eigenvalue weighted by molar-refractivity contribution is -0.150. The minimum absolute atomic E-state index is 0.0000825. The molecule has 0 aliphatic rings. The summed E-state index contributed by atoms with van der Waals surface area (Å²) in [5.74, 6) is -2.16. The van der Waals surface area contributed by atoms with Crippen molar-refractivity contribution in [3.8, 4) is 0 Å². The quantitative estimate of drug-likeness (QED) is 0.130. The molecular formula is C34H35O7P. The molecule has 42 heavy (non-hydrogen) atoms. The van der Waals surface area contributed by atoms with Crippen molar-refractivity contribution in [1.29, 1.82) is 0 Å². The fourth-order valence-electron chi connectivity index (χ4n) is 4.67. The molecule has 0 aliphatic heterocycles. The third-order valence-electron chi connectivity index (χ3n) is 6.88. The lowest BCUT2D eigenvalue weighted by atomic mass is 9.98. The Balaban J connectivity index is 1.45. The number of hydrogen-bond acceptors (Lipinski definition) is 6. The van der Waals surface area contributed by atoms with Crippen molar-refractivity contribution in [3.63, 3.8) is 0 Å². The van der Waals surface area contributed by atoms with Gasteiger partial charge in [0.15, 0.2) is 0 Å². The maximum absolute atomic E-state index is 13.6. The van der Waals surface area contributed by atoms with Crippen LogP contribution in [0.2, 0.25) is 0 Å². The highest BCUT2D eigenvalue weighted by molar-refractivity contribution is 7.57. The third-order valence-corrected chi connectivity index (χ3v) is 8.73. The zero-order valence-corrected chi connectivity index (χ0v) is 24.1. The Morgan fingerprint density at radius 1 is 0.714 bits per heavy atom.